The Balaban J connectivity index is 0.000000784. The summed E-state index contributed by atoms with van der Waals surface area (Å²) in [5.41, 5.74) is 5.98. The number of thioether (sulfide) groups is 1. The number of carbonyl (C=O) groups is 1. The van der Waals surface area contributed by atoms with E-state index < -0.39 is 0 Å². The van der Waals surface area contributed by atoms with Gasteiger partial charge in [-0.1, -0.05) is 44.7 Å². The number of ether oxygens (including phenoxy) is 1. The number of rotatable bonds is 14. The molecule has 0 bridgehead atoms. The van der Waals surface area contributed by atoms with Crippen molar-refractivity contribution in [2.75, 3.05) is 37.5 Å². The number of fused-ring (bicyclic) bond motifs is 3. The summed E-state index contributed by atoms with van der Waals surface area (Å²) in [5.74, 6) is 3.44. The number of carbonyl (C=O) groups excluding carboxylic acids is 1. The maximum atomic E-state index is 12.0. The fraction of sp³-hybridized carbons (Fsp3) is 0.759. The Hall–Kier alpha value is -0.560. The second kappa shape index (κ2) is 17.8. The van der Waals surface area contributed by atoms with Gasteiger partial charge in [0.1, 0.15) is 6.29 Å². The Labute approximate surface area is 223 Å². The van der Waals surface area contributed by atoms with Gasteiger partial charge in [0.15, 0.2) is 0 Å². The lowest BCUT2D eigenvalue weighted by atomic mass is 9.79. The summed E-state index contributed by atoms with van der Waals surface area (Å²) < 4.78 is 18.0. The lowest BCUT2D eigenvalue weighted by Crippen LogP contribution is -2.48. The molecule has 0 aliphatic carbocycles. The van der Waals surface area contributed by atoms with Crippen molar-refractivity contribution in [3.63, 3.8) is 0 Å². The van der Waals surface area contributed by atoms with E-state index in [0.29, 0.717) is 42.4 Å². The Bertz CT molecular complexity index is 733. The van der Waals surface area contributed by atoms with Gasteiger partial charge in [0.2, 0.25) is 0 Å². The summed E-state index contributed by atoms with van der Waals surface area (Å²) in [5, 5.41) is 0. The lowest BCUT2D eigenvalue weighted by molar-refractivity contribution is -0.107. The number of piperidine rings is 1. The molecule has 2 heterocycles. The molecular weight excluding hydrogens is 477 g/mol. The van der Waals surface area contributed by atoms with Crippen LogP contribution in [-0.4, -0.2) is 54.7 Å². The van der Waals surface area contributed by atoms with Crippen molar-refractivity contribution in [2.24, 2.45) is 5.92 Å². The number of halogens is 1. The third kappa shape index (κ3) is 10.4. The molecule has 1 aromatic carbocycles. The van der Waals surface area contributed by atoms with Gasteiger partial charge < -0.3 is 9.53 Å². The largest absolute Gasteiger partial charge is 0.381 e. The number of unbranched alkanes of at least 4 members (excludes halogenated alkanes) is 5. The minimum Gasteiger partial charge on any atom is -0.381 e. The maximum absolute atomic E-state index is 12.0. The monoisotopic (exact) mass is 525 g/mol. The highest BCUT2D eigenvalue weighted by atomic mass is 32.2. The molecule has 35 heavy (non-hydrogen) atoms. The third-order valence-electron chi connectivity index (χ3n) is 7.55. The van der Waals surface area contributed by atoms with Gasteiger partial charge in [-0.15, -0.1) is 0 Å². The van der Waals surface area contributed by atoms with Gasteiger partial charge in [0, 0.05) is 56.3 Å². The van der Waals surface area contributed by atoms with E-state index in [0.717, 1.165) is 24.9 Å². The third-order valence-corrected chi connectivity index (χ3v) is 9.24. The van der Waals surface area contributed by atoms with Crippen molar-refractivity contribution in [3.8, 4) is 0 Å². The predicted molar refractivity (Wildman–Crippen MR) is 152 cm³/mol. The van der Waals surface area contributed by atoms with E-state index >= 15 is 0 Å². The van der Waals surface area contributed by atoms with Crippen LogP contribution in [0.15, 0.2) is 12.1 Å². The first-order valence-corrected chi connectivity index (χ1v) is 15.7. The zero-order chi connectivity index (χ0) is 25.5. The molecule has 0 radical (unpaired) electrons. The van der Waals surface area contributed by atoms with E-state index in [4.69, 9.17) is 4.74 Å². The summed E-state index contributed by atoms with van der Waals surface area (Å²) in [6, 6.07) is 5.42. The topological polar surface area (TPSA) is 29.5 Å². The van der Waals surface area contributed by atoms with Gasteiger partial charge in [-0.3, -0.25) is 4.90 Å². The molecule has 0 aromatic heterocycles. The van der Waals surface area contributed by atoms with E-state index in [-0.39, 0.29) is 0 Å². The molecule has 6 heteroatoms. The fourth-order valence-corrected chi connectivity index (χ4v) is 6.72. The first-order valence-electron chi connectivity index (χ1n) is 13.7. The number of hydrogen-bond donors (Lipinski definition) is 0. The van der Waals surface area contributed by atoms with Crippen LogP contribution in [0.25, 0.3) is 0 Å². The average Bonchev–Trinajstić information content (AvgIpc) is 2.86. The molecule has 1 saturated heterocycles. The molecule has 2 aliphatic heterocycles. The molecule has 0 saturated carbocycles. The van der Waals surface area contributed by atoms with Gasteiger partial charge in [-0.2, -0.15) is 15.6 Å². The molecular formula is C29H48FNO2S2. The highest BCUT2D eigenvalue weighted by molar-refractivity contribution is 8.01. The Morgan fingerprint density at radius 1 is 1.09 bits per heavy atom. The number of nitrogens with zero attached hydrogens (tertiary/aromatic N) is 1. The summed E-state index contributed by atoms with van der Waals surface area (Å²) in [4.78, 5) is 12.1. The molecule has 0 unspecified atom stereocenters. The maximum Gasteiger partial charge on any atom is 0.119 e. The summed E-state index contributed by atoms with van der Waals surface area (Å²) >= 11 is 2.35. The SMILES string of the molecule is CCCC=O.CO[C@@H]1C[C@@H]2c3cc(C)c(C)cc3CCN2C[C@H]1CCCCCCCSCCSF. The van der Waals surface area contributed by atoms with Crippen LogP contribution in [0.2, 0.25) is 0 Å². The highest BCUT2D eigenvalue weighted by Gasteiger charge is 2.38. The van der Waals surface area contributed by atoms with E-state index in [1.165, 1.54) is 74.9 Å². The second-order valence-corrected chi connectivity index (χ2v) is 12.0. The van der Waals surface area contributed by atoms with Gasteiger partial charge in [0.25, 0.3) is 0 Å². The van der Waals surface area contributed by atoms with Gasteiger partial charge >= 0.3 is 0 Å². The molecule has 0 spiro atoms. The Morgan fingerprint density at radius 2 is 1.83 bits per heavy atom. The molecule has 3 atom stereocenters. The van der Waals surface area contributed by atoms with E-state index in [9.17, 15) is 8.68 Å². The predicted octanol–water partition coefficient (Wildman–Crippen LogP) is 7.91. The van der Waals surface area contributed by atoms with Crippen LogP contribution >= 0.6 is 23.9 Å². The summed E-state index contributed by atoms with van der Waals surface area (Å²) in [7, 11) is 1.91. The molecule has 0 amide bonds. The second-order valence-electron chi connectivity index (χ2n) is 10.1. The van der Waals surface area contributed by atoms with Crippen LogP contribution < -0.4 is 0 Å². The standard InChI is InChI=1S/C25H40FNOS2.C4H8O/c1-19-15-21-10-11-27-18-22(9-7-5-4-6-8-12-29-13-14-30-26)25(28-3)17-24(27)23(21)16-20(19)2;1-2-3-4-5/h15-16,22,24-25H,4-14,17-18H2,1-3H3;4H,2-3H2,1H3/t22-,24-,25-;/m1./s1. The average molecular weight is 526 g/mol. The normalized spacial score (nSPS) is 21.6. The lowest BCUT2D eigenvalue weighted by Gasteiger charge is -2.47. The molecule has 200 valence electrons. The van der Waals surface area contributed by atoms with Gasteiger partial charge in [-0.05, 0) is 79.9 Å². The van der Waals surface area contributed by atoms with Crippen molar-refractivity contribution in [2.45, 2.75) is 97.1 Å². The van der Waals surface area contributed by atoms with Gasteiger partial charge in [-0.25, -0.2) is 0 Å². The molecule has 2 aliphatic rings. The van der Waals surface area contributed by atoms with Crippen LogP contribution in [0.4, 0.5) is 3.89 Å². The van der Waals surface area contributed by atoms with Crippen LogP contribution in [0, 0.1) is 19.8 Å². The van der Waals surface area contributed by atoms with Crippen molar-refractivity contribution < 1.29 is 13.4 Å². The van der Waals surface area contributed by atoms with Crippen molar-refractivity contribution in [3.05, 3.63) is 34.4 Å². The van der Waals surface area contributed by atoms with Gasteiger partial charge in [0.05, 0.1) is 6.10 Å². The zero-order valence-corrected chi connectivity index (χ0v) is 24.2. The summed E-state index contributed by atoms with van der Waals surface area (Å²) in [6.07, 6.45) is 13.2. The highest BCUT2D eigenvalue weighted by Crippen LogP contribution is 2.41. The van der Waals surface area contributed by atoms with Crippen LogP contribution in [-0.2, 0) is 16.0 Å². The van der Waals surface area contributed by atoms with Crippen LogP contribution in [0.1, 0.15) is 93.0 Å². The number of hydrogen-bond acceptors (Lipinski definition) is 5. The zero-order valence-electron chi connectivity index (χ0n) is 22.5. The number of methoxy groups -OCH3 is 1. The molecule has 3 nitrogen and oxygen atoms in total. The molecule has 1 aromatic rings. The Kier molecular flexibility index (Phi) is 15.6. The van der Waals surface area contributed by atoms with Crippen molar-refractivity contribution in [1.82, 2.24) is 4.90 Å². The minimum atomic E-state index is 0.392. The number of aldehydes is 1. The molecule has 3 rings (SSSR count). The quantitative estimate of drug-likeness (QED) is 0.182. The first kappa shape index (κ1) is 30.7. The Morgan fingerprint density at radius 3 is 2.51 bits per heavy atom. The smallest absolute Gasteiger partial charge is 0.119 e. The van der Waals surface area contributed by atoms with E-state index in [1.54, 1.807) is 11.1 Å². The fourth-order valence-electron chi connectivity index (χ4n) is 5.38. The van der Waals surface area contributed by atoms with Crippen LogP contribution in [0.3, 0.4) is 0 Å². The van der Waals surface area contributed by atoms with Crippen molar-refractivity contribution in [1.29, 1.82) is 0 Å². The number of benzene rings is 1. The first-order chi connectivity index (χ1) is 17.0. The molecule has 1 fully saturated rings. The number of aryl methyl sites for hydroxylation is 2. The summed E-state index contributed by atoms with van der Waals surface area (Å²) in [6.45, 7) is 8.86. The van der Waals surface area contributed by atoms with Crippen LogP contribution in [0.5, 0.6) is 0 Å². The van der Waals surface area contributed by atoms with E-state index in [1.807, 2.05) is 25.8 Å². The van der Waals surface area contributed by atoms with E-state index in [2.05, 4.69) is 30.9 Å². The van der Waals surface area contributed by atoms with Crippen molar-refractivity contribution >= 4 is 30.2 Å². The molecule has 0 N–H and O–H groups in total. The minimum absolute atomic E-state index is 0.392.